The fourth-order valence-corrected chi connectivity index (χ4v) is 1.34. The highest BCUT2D eigenvalue weighted by Crippen LogP contribution is 2.33. The smallest absolute Gasteiger partial charge is 0.465 e. The number of pyridine rings is 1. The van der Waals surface area contributed by atoms with E-state index in [4.69, 9.17) is 5.73 Å². The third-order valence-electron chi connectivity index (χ3n) is 2.14. The second-order valence-corrected chi connectivity index (χ2v) is 3.42. The number of rotatable bonds is 4. The van der Waals surface area contributed by atoms with Crippen LogP contribution in [0.5, 0.6) is 5.88 Å². The fourth-order valence-electron chi connectivity index (χ4n) is 1.34. The minimum atomic E-state index is -5.20. The van der Waals surface area contributed by atoms with Crippen LogP contribution in [-0.4, -0.2) is 24.4 Å². The second-order valence-electron chi connectivity index (χ2n) is 3.42. The maximum Gasteiger partial charge on any atom is 0.574 e. The van der Waals surface area contributed by atoms with Crippen molar-refractivity contribution in [1.82, 2.24) is 4.98 Å². The molecule has 20 heavy (non-hydrogen) atoms. The normalized spacial score (nSPS) is 11.6. The number of carbonyl (C=O) groups excluding carboxylic acids is 1. The van der Waals surface area contributed by atoms with Gasteiger partial charge in [-0.15, -0.1) is 13.2 Å². The van der Waals surface area contributed by atoms with Crippen LogP contribution >= 0.6 is 0 Å². The molecule has 0 aliphatic heterocycles. The van der Waals surface area contributed by atoms with E-state index in [1.807, 2.05) is 0 Å². The van der Waals surface area contributed by atoms with E-state index in [0.717, 1.165) is 7.11 Å². The summed E-state index contributed by atoms with van der Waals surface area (Å²) < 4.78 is 69.5. The van der Waals surface area contributed by atoms with Gasteiger partial charge in [-0.05, 0) is 6.07 Å². The molecule has 0 amide bonds. The first-order valence-corrected chi connectivity index (χ1v) is 5.05. The summed E-state index contributed by atoms with van der Waals surface area (Å²) >= 11 is 0. The number of nitrogens with zero attached hydrogens (tertiary/aromatic N) is 1. The van der Waals surface area contributed by atoms with Crippen molar-refractivity contribution in [2.24, 2.45) is 5.73 Å². The Hall–Kier alpha value is -1.97. The van der Waals surface area contributed by atoms with Crippen LogP contribution < -0.4 is 10.5 Å². The molecule has 0 unspecified atom stereocenters. The van der Waals surface area contributed by atoms with Gasteiger partial charge in [0.1, 0.15) is 0 Å². The van der Waals surface area contributed by atoms with Gasteiger partial charge in [0.2, 0.25) is 5.88 Å². The van der Waals surface area contributed by atoms with Crippen LogP contribution in [0.15, 0.2) is 6.07 Å². The Kier molecular flexibility index (Phi) is 4.82. The van der Waals surface area contributed by atoms with E-state index < -0.39 is 42.3 Å². The number of nitrogens with two attached hydrogens (primary N) is 1. The molecule has 0 radical (unpaired) electrons. The molecule has 2 N–H and O–H groups in total. The summed E-state index contributed by atoms with van der Waals surface area (Å²) in [5.41, 5.74) is 3.24. The number of carbonyl (C=O) groups is 1. The van der Waals surface area contributed by atoms with Crippen molar-refractivity contribution in [3.63, 3.8) is 0 Å². The molecule has 1 heterocycles. The van der Waals surface area contributed by atoms with Crippen molar-refractivity contribution in [1.29, 1.82) is 0 Å². The van der Waals surface area contributed by atoms with Gasteiger partial charge >= 0.3 is 12.3 Å². The first-order valence-electron chi connectivity index (χ1n) is 5.05. The van der Waals surface area contributed by atoms with Gasteiger partial charge in [-0.2, -0.15) is 0 Å². The molecule has 0 fully saturated rings. The van der Waals surface area contributed by atoms with Gasteiger partial charge in [0.25, 0.3) is 6.43 Å². The van der Waals surface area contributed by atoms with Crippen LogP contribution in [0.3, 0.4) is 0 Å². The topological polar surface area (TPSA) is 74.4 Å². The SMILES string of the molecule is COC(=O)c1cc(C(F)F)c(OC(F)(F)F)nc1CN. The Morgan fingerprint density at radius 2 is 2.05 bits per heavy atom. The number of ether oxygens (including phenoxy) is 2. The largest absolute Gasteiger partial charge is 0.574 e. The molecule has 1 rings (SSSR count). The van der Waals surface area contributed by atoms with Gasteiger partial charge in [-0.1, -0.05) is 0 Å². The van der Waals surface area contributed by atoms with E-state index >= 15 is 0 Å². The first kappa shape index (κ1) is 16.1. The number of methoxy groups -OCH3 is 1. The van der Waals surface area contributed by atoms with Gasteiger partial charge in [0, 0.05) is 6.54 Å². The molecule has 0 bridgehead atoms. The molecule has 1 aromatic heterocycles. The molecule has 0 saturated heterocycles. The quantitative estimate of drug-likeness (QED) is 0.681. The Morgan fingerprint density at radius 1 is 1.45 bits per heavy atom. The van der Waals surface area contributed by atoms with Crippen LogP contribution in [0.25, 0.3) is 0 Å². The van der Waals surface area contributed by atoms with Crippen LogP contribution in [0.2, 0.25) is 0 Å². The monoisotopic (exact) mass is 300 g/mol. The number of esters is 1. The van der Waals surface area contributed by atoms with Crippen LogP contribution in [0.1, 0.15) is 28.0 Å². The van der Waals surface area contributed by atoms with E-state index in [2.05, 4.69) is 14.5 Å². The zero-order valence-corrected chi connectivity index (χ0v) is 10.0. The minimum Gasteiger partial charge on any atom is -0.465 e. The maximum absolute atomic E-state index is 12.7. The fraction of sp³-hybridized carbons (Fsp3) is 0.400. The molecule has 0 aliphatic carbocycles. The number of hydrogen-bond donors (Lipinski definition) is 1. The van der Waals surface area contributed by atoms with E-state index in [9.17, 15) is 26.7 Å². The lowest BCUT2D eigenvalue weighted by molar-refractivity contribution is -0.276. The summed E-state index contributed by atoms with van der Waals surface area (Å²) in [5.74, 6) is -2.39. The predicted molar refractivity (Wildman–Crippen MR) is 55.1 cm³/mol. The van der Waals surface area contributed by atoms with Gasteiger partial charge in [0.05, 0.1) is 23.9 Å². The van der Waals surface area contributed by atoms with Gasteiger partial charge < -0.3 is 15.2 Å². The van der Waals surface area contributed by atoms with Crippen LogP contribution in [0, 0.1) is 0 Å². The predicted octanol–water partition coefficient (Wildman–Crippen LogP) is 2.16. The molecule has 0 aliphatic rings. The van der Waals surface area contributed by atoms with Crippen LogP contribution in [0.4, 0.5) is 22.0 Å². The summed E-state index contributed by atoms with van der Waals surface area (Å²) in [6, 6.07) is 0.521. The molecule has 1 aromatic rings. The molecule has 0 atom stereocenters. The lowest BCUT2D eigenvalue weighted by Gasteiger charge is -2.15. The molecule has 0 spiro atoms. The highest BCUT2D eigenvalue weighted by molar-refractivity contribution is 5.90. The summed E-state index contributed by atoms with van der Waals surface area (Å²) in [5, 5.41) is 0. The third kappa shape index (κ3) is 3.76. The van der Waals surface area contributed by atoms with E-state index in [1.54, 1.807) is 0 Å². The van der Waals surface area contributed by atoms with Crippen molar-refractivity contribution in [3.8, 4) is 5.88 Å². The Balaban J connectivity index is 3.41. The van der Waals surface area contributed by atoms with Crippen molar-refractivity contribution in [2.75, 3.05) is 7.11 Å². The van der Waals surface area contributed by atoms with Crippen molar-refractivity contribution in [3.05, 3.63) is 22.9 Å². The van der Waals surface area contributed by atoms with Gasteiger partial charge in [-0.25, -0.2) is 18.6 Å². The highest BCUT2D eigenvalue weighted by Gasteiger charge is 2.35. The molecule has 112 valence electrons. The van der Waals surface area contributed by atoms with Crippen molar-refractivity contribution in [2.45, 2.75) is 19.3 Å². The van der Waals surface area contributed by atoms with Crippen molar-refractivity contribution >= 4 is 5.97 Å². The zero-order chi connectivity index (χ0) is 15.5. The summed E-state index contributed by atoms with van der Waals surface area (Å²) in [7, 11) is 0.977. The number of hydrogen-bond acceptors (Lipinski definition) is 5. The zero-order valence-electron chi connectivity index (χ0n) is 10.0. The Labute approximate surface area is 109 Å². The Bertz CT molecular complexity index is 504. The summed E-state index contributed by atoms with van der Waals surface area (Å²) in [6.45, 7) is -0.456. The lowest BCUT2D eigenvalue weighted by Crippen LogP contribution is -2.21. The Morgan fingerprint density at radius 3 is 2.45 bits per heavy atom. The molecule has 0 saturated carbocycles. The molecule has 10 heteroatoms. The average Bonchev–Trinajstić information content (AvgIpc) is 2.35. The van der Waals surface area contributed by atoms with E-state index in [-0.39, 0.29) is 5.69 Å². The standard InChI is InChI=1S/C10H9F5N2O3/c1-19-9(18)4-2-5(7(11)12)8(17-6(4)3-16)20-10(13,14)15/h2,7H,3,16H2,1H3. The molecular formula is C10H9F5N2O3. The number of alkyl halides is 5. The second kappa shape index (κ2) is 5.99. The molecule has 0 aromatic carbocycles. The summed E-state index contributed by atoms with van der Waals surface area (Å²) in [4.78, 5) is 14.6. The third-order valence-corrected chi connectivity index (χ3v) is 2.14. The first-order chi connectivity index (χ1) is 9.19. The van der Waals surface area contributed by atoms with Gasteiger partial charge in [0.15, 0.2) is 0 Å². The van der Waals surface area contributed by atoms with E-state index in [0.29, 0.717) is 6.07 Å². The minimum absolute atomic E-state index is 0.347. The van der Waals surface area contributed by atoms with Crippen LogP contribution in [-0.2, 0) is 11.3 Å². The molecular weight excluding hydrogens is 291 g/mol. The maximum atomic E-state index is 12.7. The highest BCUT2D eigenvalue weighted by atomic mass is 19.4. The van der Waals surface area contributed by atoms with Crippen molar-refractivity contribution < 1.29 is 36.2 Å². The van der Waals surface area contributed by atoms with E-state index in [1.165, 1.54) is 0 Å². The number of halogens is 5. The number of aromatic nitrogens is 1. The lowest BCUT2D eigenvalue weighted by atomic mass is 10.1. The summed E-state index contributed by atoms with van der Waals surface area (Å²) in [6.07, 6.45) is -8.52. The van der Waals surface area contributed by atoms with Gasteiger partial charge in [-0.3, -0.25) is 0 Å². The molecule has 5 nitrogen and oxygen atoms in total. The average molecular weight is 300 g/mol.